The van der Waals surface area contributed by atoms with Gasteiger partial charge in [0.05, 0.1) is 25.3 Å². The summed E-state index contributed by atoms with van der Waals surface area (Å²) >= 11 is 0. The molecular weight excluding hydrogens is 400 g/mol. The van der Waals surface area contributed by atoms with Gasteiger partial charge >= 0.3 is 11.9 Å². The summed E-state index contributed by atoms with van der Waals surface area (Å²) in [6.07, 6.45) is 3.11. The van der Waals surface area contributed by atoms with Gasteiger partial charge in [0.1, 0.15) is 12.1 Å². The maximum absolute atomic E-state index is 12.4. The number of hydrogen-bond donors (Lipinski definition) is 6. The van der Waals surface area contributed by atoms with Gasteiger partial charge in [0, 0.05) is 24.9 Å². The lowest BCUT2D eigenvalue weighted by molar-refractivity contribution is -0.148. The van der Waals surface area contributed by atoms with Crippen molar-refractivity contribution in [2.75, 3.05) is 13.1 Å². The molecule has 0 saturated carbocycles. The van der Waals surface area contributed by atoms with E-state index in [2.05, 4.69) is 20.6 Å². The van der Waals surface area contributed by atoms with Gasteiger partial charge in [0.2, 0.25) is 17.7 Å². The number of carbonyl (C=O) groups excluding carboxylic acids is 3. The standard InChI is InChI=1S/C17H24N6O7/c18-10(4-9-6-19-8-21-9)15(27)22-11(5-14(25)26)16(28)20-7-13(24)23-3-1-2-12(23)17(29)30/h6,8,10-12H,1-5,7,18H2,(H,19,21)(H,20,28)(H,22,27)(H,25,26)(H,29,30). The Balaban J connectivity index is 1.92. The third-order valence-corrected chi connectivity index (χ3v) is 4.62. The van der Waals surface area contributed by atoms with Crippen molar-refractivity contribution in [3.8, 4) is 0 Å². The van der Waals surface area contributed by atoms with Gasteiger partial charge in [-0.05, 0) is 12.8 Å². The van der Waals surface area contributed by atoms with Crippen molar-refractivity contribution in [2.24, 2.45) is 5.73 Å². The molecule has 0 radical (unpaired) electrons. The molecule has 2 rings (SSSR count). The van der Waals surface area contributed by atoms with Crippen LogP contribution in [0.4, 0.5) is 0 Å². The summed E-state index contributed by atoms with van der Waals surface area (Å²) in [4.78, 5) is 66.8. The number of amides is 3. The van der Waals surface area contributed by atoms with Crippen molar-refractivity contribution in [2.45, 2.75) is 43.8 Å². The molecule has 0 aromatic carbocycles. The van der Waals surface area contributed by atoms with E-state index in [1.807, 2.05) is 0 Å². The molecule has 3 atom stereocenters. The molecule has 1 fully saturated rings. The number of hydrogen-bond acceptors (Lipinski definition) is 7. The Hall–Kier alpha value is -3.48. The second-order valence-corrected chi connectivity index (χ2v) is 6.85. The molecule has 1 aliphatic rings. The average Bonchev–Trinajstić information content (AvgIpc) is 3.36. The van der Waals surface area contributed by atoms with Crippen molar-refractivity contribution in [1.29, 1.82) is 0 Å². The summed E-state index contributed by atoms with van der Waals surface area (Å²) in [6.45, 7) is -0.266. The van der Waals surface area contributed by atoms with Crippen LogP contribution < -0.4 is 16.4 Å². The van der Waals surface area contributed by atoms with E-state index in [0.717, 1.165) is 4.90 Å². The molecule has 2 heterocycles. The molecule has 0 aliphatic carbocycles. The fourth-order valence-corrected chi connectivity index (χ4v) is 3.10. The minimum atomic E-state index is -1.45. The van der Waals surface area contributed by atoms with E-state index >= 15 is 0 Å². The van der Waals surface area contributed by atoms with Crippen LogP contribution in [0, 0.1) is 0 Å². The maximum Gasteiger partial charge on any atom is 0.326 e. The average molecular weight is 424 g/mol. The van der Waals surface area contributed by atoms with Crippen LogP contribution in [0.2, 0.25) is 0 Å². The minimum absolute atomic E-state index is 0.0945. The zero-order valence-electron chi connectivity index (χ0n) is 16.0. The van der Waals surface area contributed by atoms with E-state index in [-0.39, 0.29) is 13.0 Å². The third-order valence-electron chi connectivity index (χ3n) is 4.62. The first-order valence-corrected chi connectivity index (χ1v) is 9.24. The summed E-state index contributed by atoms with van der Waals surface area (Å²) in [5, 5.41) is 22.7. The van der Waals surface area contributed by atoms with Gasteiger partial charge in [-0.2, -0.15) is 0 Å². The van der Waals surface area contributed by atoms with E-state index in [1.165, 1.54) is 12.5 Å². The van der Waals surface area contributed by atoms with E-state index in [1.54, 1.807) is 0 Å². The highest BCUT2D eigenvalue weighted by Gasteiger charge is 2.34. The van der Waals surface area contributed by atoms with Crippen LogP contribution in [0.15, 0.2) is 12.5 Å². The second kappa shape index (κ2) is 10.3. The quantitative estimate of drug-likeness (QED) is 0.233. The van der Waals surface area contributed by atoms with Gasteiger partial charge < -0.3 is 36.5 Å². The summed E-state index contributed by atoms with van der Waals surface area (Å²) in [6, 6.07) is -3.47. The number of H-pyrrole nitrogens is 1. The Morgan fingerprint density at radius 2 is 2.00 bits per heavy atom. The topological polar surface area (TPSA) is 208 Å². The number of aromatic nitrogens is 2. The Bertz CT molecular complexity index is 797. The molecule has 13 nitrogen and oxygen atoms in total. The van der Waals surface area contributed by atoms with Crippen molar-refractivity contribution >= 4 is 29.7 Å². The third kappa shape index (κ3) is 6.27. The lowest BCUT2D eigenvalue weighted by Crippen LogP contribution is -2.54. The zero-order chi connectivity index (χ0) is 22.3. The highest BCUT2D eigenvalue weighted by Crippen LogP contribution is 2.17. The molecule has 0 bridgehead atoms. The number of nitrogens with two attached hydrogens (primary N) is 1. The van der Waals surface area contributed by atoms with Gasteiger partial charge in [-0.3, -0.25) is 19.2 Å². The Kier molecular flexibility index (Phi) is 7.86. The monoisotopic (exact) mass is 424 g/mol. The number of carboxylic acids is 2. The summed E-state index contributed by atoms with van der Waals surface area (Å²) < 4.78 is 0. The number of carbonyl (C=O) groups is 5. The van der Waals surface area contributed by atoms with Crippen LogP contribution in [0.1, 0.15) is 25.0 Å². The molecular formula is C17H24N6O7. The lowest BCUT2D eigenvalue weighted by Gasteiger charge is -2.23. The van der Waals surface area contributed by atoms with Crippen LogP contribution in [-0.4, -0.2) is 86.0 Å². The van der Waals surface area contributed by atoms with Crippen LogP contribution in [0.3, 0.4) is 0 Å². The van der Waals surface area contributed by atoms with Gasteiger partial charge in [-0.15, -0.1) is 0 Å². The molecule has 1 aliphatic heterocycles. The zero-order valence-corrected chi connectivity index (χ0v) is 16.0. The fraction of sp³-hybridized carbons (Fsp3) is 0.529. The van der Waals surface area contributed by atoms with Crippen molar-refractivity contribution in [1.82, 2.24) is 25.5 Å². The highest BCUT2D eigenvalue weighted by atomic mass is 16.4. The first-order valence-electron chi connectivity index (χ1n) is 9.24. The number of rotatable bonds is 10. The van der Waals surface area contributed by atoms with Crippen molar-refractivity contribution in [3.05, 3.63) is 18.2 Å². The molecule has 1 aromatic rings. The van der Waals surface area contributed by atoms with E-state index < -0.39 is 60.8 Å². The van der Waals surface area contributed by atoms with Crippen LogP contribution in [-0.2, 0) is 30.4 Å². The molecule has 164 valence electrons. The van der Waals surface area contributed by atoms with Crippen LogP contribution in [0.25, 0.3) is 0 Å². The number of imidazole rings is 1. The van der Waals surface area contributed by atoms with E-state index in [4.69, 9.17) is 15.9 Å². The Morgan fingerprint density at radius 3 is 2.60 bits per heavy atom. The molecule has 3 unspecified atom stereocenters. The predicted molar refractivity (Wildman–Crippen MR) is 99.8 cm³/mol. The summed E-state index contributed by atoms with van der Waals surface area (Å²) in [5.74, 6) is -4.71. The maximum atomic E-state index is 12.4. The normalized spacial score (nSPS) is 17.8. The molecule has 1 saturated heterocycles. The number of aromatic amines is 1. The minimum Gasteiger partial charge on any atom is -0.481 e. The Morgan fingerprint density at radius 1 is 1.27 bits per heavy atom. The number of likely N-dealkylation sites (tertiary alicyclic amines) is 1. The molecule has 3 amide bonds. The summed E-state index contributed by atoms with van der Waals surface area (Å²) in [7, 11) is 0. The second-order valence-electron chi connectivity index (χ2n) is 6.85. The van der Waals surface area contributed by atoms with Gasteiger partial charge in [0.25, 0.3) is 0 Å². The molecule has 7 N–H and O–H groups in total. The SMILES string of the molecule is NC(Cc1cnc[nH]1)C(=O)NC(CC(=O)O)C(=O)NCC(=O)N1CCCC1C(=O)O. The van der Waals surface area contributed by atoms with Gasteiger partial charge in [0.15, 0.2) is 0 Å². The van der Waals surface area contributed by atoms with Crippen molar-refractivity contribution in [3.63, 3.8) is 0 Å². The molecule has 30 heavy (non-hydrogen) atoms. The lowest BCUT2D eigenvalue weighted by atomic mass is 10.1. The Labute approximate surface area is 171 Å². The fourth-order valence-electron chi connectivity index (χ4n) is 3.10. The predicted octanol–water partition coefficient (Wildman–Crippen LogP) is -2.57. The van der Waals surface area contributed by atoms with Gasteiger partial charge in [-0.1, -0.05) is 0 Å². The number of nitrogens with zero attached hydrogens (tertiary/aromatic N) is 2. The van der Waals surface area contributed by atoms with Crippen LogP contribution in [0.5, 0.6) is 0 Å². The first kappa shape index (κ1) is 22.8. The first-order chi connectivity index (χ1) is 14.2. The largest absolute Gasteiger partial charge is 0.481 e. The van der Waals surface area contributed by atoms with Crippen LogP contribution >= 0.6 is 0 Å². The number of nitrogens with one attached hydrogen (secondary N) is 3. The summed E-state index contributed by atoms with van der Waals surface area (Å²) in [5.41, 5.74) is 6.37. The molecule has 1 aromatic heterocycles. The molecule has 13 heteroatoms. The molecule has 0 spiro atoms. The van der Waals surface area contributed by atoms with E-state index in [9.17, 15) is 24.0 Å². The van der Waals surface area contributed by atoms with E-state index in [0.29, 0.717) is 18.5 Å². The smallest absolute Gasteiger partial charge is 0.326 e. The van der Waals surface area contributed by atoms with Crippen molar-refractivity contribution < 1.29 is 34.2 Å². The van der Waals surface area contributed by atoms with Gasteiger partial charge in [-0.25, -0.2) is 9.78 Å². The number of aliphatic carboxylic acids is 2. The highest BCUT2D eigenvalue weighted by molar-refractivity contribution is 5.94. The number of carboxylic acid groups (broad SMARTS) is 2.